The Hall–Kier alpha value is -0.610. The first-order chi connectivity index (χ1) is 4.39. The fourth-order valence-electron chi connectivity index (χ4n) is 0.298. The molecule has 4 nitrogen and oxygen atoms in total. The van der Waals surface area contributed by atoms with E-state index in [0.29, 0.717) is 0 Å². The first-order valence-corrected chi connectivity index (χ1v) is 2.45. The summed E-state index contributed by atoms with van der Waals surface area (Å²) >= 11 is 0. The van der Waals surface area contributed by atoms with Crippen molar-refractivity contribution < 1.29 is 16.0 Å². The first kappa shape index (κ1) is 6.51. The molecule has 0 fully saturated rings. The lowest BCUT2D eigenvalue weighted by atomic mass is 10.2. The highest BCUT2D eigenvalue weighted by molar-refractivity contribution is 5.75. The van der Waals surface area contributed by atoms with Crippen LogP contribution in [0.5, 0.6) is 0 Å². The van der Waals surface area contributed by atoms with Gasteiger partial charge in [0.25, 0.3) is 0 Å². The predicted molar refractivity (Wildman–Crippen MR) is 31.7 cm³/mol. The van der Waals surface area contributed by atoms with Crippen LogP contribution in [-0.4, -0.2) is 30.3 Å². The second-order valence-electron chi connectivity index (χ2n) is 1.64. The van der Waals surface area contributed by atoms with E-state index < -0.39 is 18.1 Å². The van der Waals surface area contributed by atoms with E-state index >= 15 is 0 Å². The van der Waals surface area contributed by atoms with E-state index in [2.05, 4.69) is 4.74 Å². The van der Waals surface area contributed by atoms with E-state index in [-0.39, 0.29) is 0 Å². The SMILES string of the molecule is [3H][C@](C)(O)[C@H](N)C(=O)OC. The van der Waals surface area contributed by atoms with Gasteiger partial charge in [-0.05, 0) is 6.92 Å². The van der Waals surface area contributed by atoms with Crippen molar-refractivity contribution in [3.63, 3.8) is 0 Å². The molecule has 0 aliphatic heterocycles. The molecular formula is C5H11NO3. The molecule has 4 heteroatoms. The normalized spacial score (nSPS) is 21.6. The Morgan fingerprint density at radius 3 is 2.56 bits per heavy atom. The summed E-state index contributed by atoms with van der Waals surface area (Å²) in [4.78, 5) is 10.5. The van der Waals surface area contributed by atoms with Crippen molar-refractivity contribution in [3.05, 3.63) is 0 Å². The summed E-state index contributed by atoms with van der Waals surface area (Å²) in [7, 11) is 1.15. The standard InChI is InChI=1S/C5H11NO3/c1-3(7)4(6)5(8)9-2/h3-4,7H,6H2,1-2H3/t3-,4+/m1/s1/i3T. The number of carbonyl (C=O) groups excluding carboxylic acids is 1. The summed E-state index contributed by atoms with van der Waals surface area (Å²) in [5.41, 5.74) is 5.09. The van der Waals surface area contributed by atoms with Gasteiger partial charge in [0, 0.05) is 0 Å². The number of aliphatic hydroxyl groups is 1. The molecule has 0 heterocycles. The lowest BCUT2D eigenvalue weighted by molar-refractivity contribution is -0.144. The van der Waals surface area contributed by atoms with E-state index in [1.165, 1.54) is 0 Å². The van der Waals surface area contributed by atoms with Gasteiger partial charge in [-0.1, -0.05) is 0 Å². The third-order valence-corrected chi connectivity index (χ3v) is 0.905. The number of methoxy groups -OCH3 is 1. The Kier molecular flexibility index (Phi) is 2.48. The quantitative estimate of drug-likeness (QED) is 0.470. The second kappa shape index (κ2) is 3.42. The third-order valence-electron chi connectivity index (χ3n) is 0.905. The molecule has 0 unspecified atom stereocenters. The average Bonchev–Trinajstić information content (AvgIpc) is 1.83. The maximum atomic E-state index is 10.5. The lowest BCUT2D eigenvalue weighted by Gasteiger charge is -2.10. The summed E-state index contributed by atoms with van der Waals surface area (Å²) in [6.45, 7) is 1.12. The molecule has 9 heavy (non-hydrogen) atoms. The van der Waals surface area contributed by atoms with Crippen LogP contribution in [0.4, 0.5) is 0 Å². The minimum atomic E-state index is -1.97. The number of hydrogen-bond donors (Lipinski definition) is 2. The smallest absolute Gasteiger partial charge is 0.325 e. The molecule has 0 aromatic carbocycles. The van der Waals surface area contributed by atoms with Gasteiger partial charge in [-0.2, -0.15) is 0 Å². The monoisotopic (exact) mass is 135 g/mol. The highest BCUT2D eigenvalue weighted by Crippen LogP contribution is 1.89. The molecule has 0 amide bonds. The second-order valence-corrected chi connectivity index (χ2v) is 1.64. The fourth-order valence-corrected chi connectivity index (χ4v) is 0.298. The van der Waals surface area contributed by atoms with Crippen molar-refractivity contribution in [2.24, 2.45) is 5.73 Å². The molecule has 0 aromatic rings. The zero-order chi connectivity index (χ0) is 8.36. The Morgan fingerprint density at radius 2 is 2.44 bits per heavy atom. The molecule has 0 spiro atoms. The Labute approximate surface area is 55.0 Å². The molecule has 54 valence electrons. The lowest BCUT2D eigenvalue weighted by Crippen LogP contribution is -2.40. The highest BCUT2D eigenvalue weighted by atomic mass is 16.5. The fraction of sp³-hybridized carbons (Fsp3) is 0.800. The van der Waals surface area contributed by atoms with Gasteiger partial charge in [0.15, 0.2) is 0 Å². The molecule has 0 aliphatic carbocycles. The Bertz CT molecular complexity index is 131. The molecule has 0 saturated heterocycles. The number of rotatable bonds is 2. The topological polar surface area (TPSA) is 72.5 Å². The van der Waals surface area contributed by atoms with Crippen LogP contribution < -0.4 is 5.73 Å². The maximum Gasteiger partial charge on any atom is 0.325 e. The number of ether oxygens (including phenoxy) is 1. The van der Waals surface area contributed by atoms with Crippen LogP contribution in [-0.2, 0) is 9.53 Å². The van der Waals surface area contributed by atoms with Gasteiger partial charge in [0.05, 0.1) is 14.6 Å². The summed E-state index contributed by atoms with van der Waals surface area (Å²) in [6, 6.07) is -1.31. The molecule has 0 aromatic heterocycles. The van der Waals surface area contributed by atoms with Gasteiger partial charge in [-0.3, -0.25) is 4.79 Å². The van der Waals surface area contributed by atoms with E-state index in [0.717, 1.165) is 14.0 Å². The molecule has 2 atom stereocenters. The van der Waals surface area contributed by atoms with Gasteiger partial charge in [0.2, 0.25) is 0 Å². The molecule has 0 radical (unpaired) electrons. The van der Waals surface area contributed by atoms with E-state index in [1.54, 1.807) is 0 Å². The van der Waals surface area contributed by atoms with Gasteiger partial charge < -0.3 is 15.6 Å². The Morgan fingerprint density at radius 1 is 2.00 bits per heavy atom. The zero-order valence-electron chi connectivity index (χ0n) is 6.42. The van der Waals surface area contributed by atoms with Gasteiger partial charge >= 0.3 is 5.97 Å². The van der Waals surface area contributed by atoms with Crippen LogP contribution in [0.15, 0.2) is 0 Å². The van der Waals surface area contributed by atoms with Crippen LogP contribution in [0.2, 0.25) is 0 Å². The number of nitrogens with two attached hydrogens (primary N) is 1. The molecule has 0 rings (SSSR count). The van der Waals surface area contributed by atoms with Crippen molar-refractivity contribution in [1.29, 1.82) is 0 Å². The third kappa shape index (κ3) is 2.43. The average molecular weight is 135 g/mol. The van der Waals surface area contributed by atoms with Crippen molar-refractivity contribution in [2.75, 3.05) is 7.11 Å². The largest absolute Gasteiger partial charge is 0.468 e. The molecule has 0 aliphatic rings. The number of carbonyl (C=O) groups is 1. The van der Waals surface area contributed by atoms with Gasteiger partial charge in [-0.15, -0.1) is 0 Å². The maximum absolute atomic E-state index is 10.5. The summed E-state index contributed by atoms with van der Waals surface area (Å²) in [5.74, 6) is -0.792. The minimum Gasteiger partial charge on any atom is -0.468 e. The minimum absolute atomic E-state index is 0.792. The van der Waals surface area contributed by atoms with Crippen LogP contribution >= 0.6 is 0 Å². The van der Waals surface area contributed by atoms with E-state index in [1.807, 2.05) is 0 Å². The highest BCUT2D eigenvalue weighted by Gasteiger charge is 2.18. The van der Waals surface area contributed by atoms with E-state index in [9.17, 15) is 4.79 Å². The summed E-state index contributed by atoms with van der Waals surface area (Å²) < 4.78 is 11.1. The molecular weight excluding hydrogens is 122 g/mol. The molecule has 0 bridgehead atoms. The first-order valence-electron chi connectivity index (χ1n) is 2.95. The van der Waals surface area contributed by atoms with Crippen LogP contribution in [0.1, 0.15) is 8.29 Å². The van der Waals surface area contributed by atoms with E-state index in [4.69, 9.17) is 12.2 Å². The van der Waals surface area contributed by atoms with Crippen LogP contribution in [0, 0.1) is 0 Å². The van der Waals surface area contributed by atoms with Crippen LogP contribution in [0.25, 0.3) is 0 Å². The number of hydrogen-bond acceptors (Lipinski definition) is 4. The van der Waals surface area contributed by atoms with Crippen molar-refractivity contribution in [1.82, 2.24) is 0 Å². The molecule has 0 saturated carbocycles. The van der Waals surface area contributed by atoms with Crippen LogP contribution in [0.3, 0.4) is 0 Å². The summed E-state index contributed by atoms with van der Waals surface area (Å²) in [6.07, 6.45) is -1.97. The summed E-state index contributed by atoms with van der Waals surface area (Å²) in [5, 5.41) is 8.83. The Balaban J connectivity index is 4.08. The zero-order valence-corrected chi connectivity index (χ0v) is 5.42. The molecule has 3 N–H and O–H groups in total. The van der Waals surface area contributed by atoms with Crippen molar-refractivity contribution >= 4 is 5.97 Å². The predicted octanol–water partition coefficient (Wildman–Crippen LogP) is -1.13. The van der Waals surface area contributed by atoms with Gasteiger partial charge in [-0.25, -0.2) is 0 Å². The van der Waals surface area contributed by atoms with Crippen molar-refractivity contribution in [2.45, 2.75) is 19.0 Å². The van der Waals surface area contributed by atoms with Crippen molar-refractivity contribution in [3.8, 4) is 0 Å². The number of esters is 1. The van der Waals surface area contributed by atoms with Gasteiger partial charge in [0.1, 0.15) is 6.04 Å².